The van der Waals surface area contributed by atoms with Crippen LogP contribution in [-0.4, -0.2) is 39.3 Å². The lowest BCUT2D eigenvalue weighted by atomic mass is 10.1. The van der Waals surface area contributed by atoms with Crippen molar-refractivity contribution in [3.63, 3.8) is 0 Å². The van der Waals surface area contributed by atoms with Gasteiger partial charge < -0.3 is 14.5 Å². The third kappa shape index (κ3) is 3.62. The molecule has 5 heteroatoms. The number of anilines is 2. The van der Waals surface area contributed by atoms with Crippen molar-refractivity contribution in [3.05, 3.63) is 58.6 Å². The molecular weight excluding hydrogens is 368 g/mol. The van der Waals surface area contributed by atoms with E-state index in [4.69, 9.17) is 4.74 Å². The lowest BCUT2D eigenvalue weighted by Crippen LogP contribution is -2.31. The second kappa shape index (κ2) is 7.81. The Kier molecular flexibility index (Phi) is 5.53. The van der Waals surface area contributed by atoms with Crippen LogP contribution in [0.1, 0.15) is 16.8 Å². The number of fused-ring (bicyclic) bond motifs is 1. The van der Waals surface area contributed by atoms with E-state index in [0.29, 0.717) is 12.2 Å². The summed E-state index contributed by atoms with van der Waals surface area (Å²) >= 11 is 3.42. The zero-order chi connectivity index (χ0) is 16.9. The summed E-state index contributed by atoms with van der Waals surface area (Å²) in [5.74, 6) is 0.0449. The van der Waals surface area contributed by atoms with Gasteiger partial charge in [0.2, 0.25) is 0 Å². The van der Waals surface area contributed by atoms with E-state index in [1.807, 2.05) is 47.4 Å². The molecular formula is C19H21BrN2O2. The number of rotatable bonds is 4. The first kappa shape index (κ1) is 17.0. The van der Waals surface area contributed by atoms with Crippen LogP contribution in [-0.2, 0) is 4.74 Å². The Labute approximate surface area is 151 Å². The maximum absolute atomic E-state index is 13.0. The minimum absolute atomic E-state index is 0.0449. The third-order valence-corrected chi connectivity index (χ3v) is 4.75. The Bertz CT molecular complexity index is 703. The lowest BCUT2D eigenvalue weighted by Gasteiger charge is -2.26. The largest absolute Gasteiger partial charge is 0.383 e. The molecule has 0 atom stereocenters. The van der Waals surface area contributed by atoms with Crippen molar-refractivity contribution in [2.45, 2.75) is 6.42 Å². The van der Waals surface area contributed by atoms with Gasteiger partial charge in [-0.05, 0) is 42.8 Å². The van der Waals surface area contributed by atoms with Gasteiger partial charge in [-0.2, -0.15) is 0 Å². The van der Waals surface area contributed by atoms with Crippen LogP contribution in [0.15, 0.2) is 53.0 Å². The molecule has 1 aliphatic rings. The number of carbonyl (C=O) groups excluding carboxylic acids is 1. The number of benzene rings is 2. The molecule has 0 fully saturated rings. The number of nitrogens with zero attached hydrogens (tertiary/aromatic N) is 2. The second-order valence-electron chi connectivity index (χ2n) is 5.79. The standard InChI is InChI=1S/C19H21BrN2O2/c1-24-14-13-21-11-4-12-22(18-6-3-2-5-17(18)21)19(23)15-7-9-16(20)10-8-15/h2-3,5-10H,4,11-14H2,1H3. The van der Waals surface area contributed by atoms with Crippen molar-refractivity contribution < 1.29 is 9.53 Å². The SMILES string of the molecule is COCCN1CCCN(C(=O)c2ccc(Br)cc2)c2ccccc21. The van der Waals surface area contributed by atoms with Crippen LogP contribution in [0.2, 0.25) is 0 Å². The Morgan fingerprint density at radius 2 is 1.79 bits per heavy atom. The van der Waals surface area contributed by atoms with E-state index in [9.17, 15) is 4.79 Å². The summed E-state index contributed by atoms with van der Waals surface area (Å²) in [6, 6.07) is 15.6. The molecule has 1 aliphatic heterocycles. The molecule has 0 aromatic heterocycles. The molecule has 3 rings (SSSR count). The maximum atomic E-state index is 13.0. The van der Waals surface area contributed by atoms with Gasteiger partial charge >= 0.3 is 0 Å². The van der Waals surface area contributed by atoms with Crippen LogP contribution in [0, 0.1) is 0 Å². The monoisotopic (exact) mass is 388 g/mol. The number of para-hydroxylation sites is 2. The molecule has 0 spiro atoms. The fourth-order valence-corrected chi connectivity index (χ4v) is 3.28. The van der Waals surface area contributed by atoms with Gasteiger partial charge in [0.15, 0.2) is 0 Å². The first-order valence-electron chi connectivity index (χ1n) is 8.11. The summed E-state index contributed by atoms with van der Waals surface area (Å²) in [5.41, 5.74) is 2.77. The Morgan fingerprint density at radius 1 is 1.08 bits per heavy atom. The summed E-state index contributed by atoms with van der Waals surface area (Å²) in [6.45, 7) is 3.14. The van der Waals surface area contributed by atoms with Gasteiger partial charge in [0.25, 0.3) is 5.91 Å². The number of ether oxygens (including phenoxy) is 1. The third-order valence-electron chi connectivity index (χ3n) is 4.22. The van der Waals surface area contributed by atoms with E-state index < -0.39 is 0 Å². The van der Waals surface area contributed by atoms with E-state index in [0.717, 1.165) is 41.9 Å². The maximum Gasteiger partial charge on any atom is 0.258 e. The summed E-state index contributed by atoms with van der Waals surface area (Å²) in [6.07, 6.45) is 0.931. The predicted molar refractivity (Wildman–Crippen MR) is 101 cm³/mol. The van der Waals surface area contributed by atoms with Crippen molar-refractivity contribution in [3.8, 4) is 0 Å². The number of amides is 1. The molecule has 1 heterocycles. The average Bonchev–Trinajstić information content (AvgIpc) is 2.79. The summed E-state index contributed by atoms with van der Waals surface area (Å²) in [7, 11) is 1.72. The number of methoxy groups -OCH3 is 1. The molecule has 0 aliphatic carbocycles. The first-order valence-corrected chi connectivity index (χ1v) is 8.90. The van der Waals surface area contributed by atoms with Gasteiger partial charge in [0, 0.05) is 36.8 Å². The van der Waals surface area contributed by atoms with Crippen molar-refractivity contribution in [1.29, 1.82) is 0 Å². The van der Waals surface area contributed by atoms with E-state index in [1.54, 1.807) is 7.11 Å². The second-order valence-corrected chi connectivity index (χ2v) is 6.70. The molecule has 4 nitrogen and oxygen atoms in total. The molecule has 24 heavy (non-hydrogen) atoms. The topological polar surface area (TPSA) is 32.8 Å². The smallest absolute Gasteiger partial charge is 0.258 e. The quantitative estimate of drug-likeness (QED) is 0.794. The van der Waals surface area contributed by atoms with Crippen LogP contribution < -0.4 is 9.80 Å². The fourth-order valence-electron chi connectivity index (χ4n) is 3.01. The van der Waals surface area contributed by atoms with Gasteiger partial charge in [-0.25, -0.2) is 0 Å². The molecule has 2 aromatic rings. The number of carbonyl (C=O) groups is 1. The zero-order valence-electron chi connectivity index (χ0n) is 13.7. The Hall–Kier alpha value is -1.85. The summed E-state index contributed by atoms with van der Waals surface area (Å²) in [4.78, 5) is 17.2. The molecule has 2 aromatic carbocycles. The molecule has 1 amide bonds. The summed E-state index contributed by atoms with van der Waals surface area (Å²) in [5, 5.41) is 0. The van der Waals surface area contributed by atoms with E-state index in [2.05, 4.69) is 26.9 Å². The van der Waals surface area contributed by atoms with Gasteiger partial charge in [0.05, 0.1) is 18.0 Å². The predicted octanol–water partition coefficient (Wildman–Crippen LogP) is 3.95. The molecule has 0 bridgehead atoms. The minimum atomic E-state index is 0.0449. The number of hydrogen-bond acceptors (Lipinski definition) is 3. The van der Waals surface area contributed by atoms with Gasteiger partial charge in [-0.1, -0.05) is 28.1 Å². The number of hydrogen-bond donors (Lipinski definition) is 0. The van der Waals surface area contributed by atoms with Crippen molar-refractivity contribution >= 4 is 33.2 Å². The lowest BCUT2D eigenvalue weighted by molar-refractivity contribution is 0.0987. The van der Waals surface area contributed by atoms with Gasteiger partial charge in [0.1, 0.15) is 0 Å². The zero-order valence-corrected chi connectivity index (χ0v) is 15.3. The molecule has 0 N–H and O–H groups in total. The van der Waals surface area contributed by atoms with Crippen molar-refractivity contribution in [1.82, 2.24) is 0 Å². The van der Waals surface area contributed by atoms with E-state index in [1.165, 1.54) is 0 Å². The van der Waals surface area contributed by atoms with E-state index >= 15 is 0 Å². The Morgan fingerprint density at radius 3 is 2.50 bits per heavy atom. The van der Waals surface area contributed by atoms with Crippen LogP contribution in [0.25, 0.3) is 0 Å². The highest BCUT2D eigenvalue weighted by atomic mass is 79.9. The van der Waals surface area contributed by atoms with Crippen LogP contribution in [0.4, 0.5) is 11.4 Å². The van der Waals surface area contributed by atoms with Crippen molar-refractivity contribution in [2.24, 2.45) is 0 Å². The molecule has 0 radical (unpaired) electrons. The highest BCUT2D eigenvalue weighted by molar-refractivity contribution is 9.10. The first-order chi connectivity index (χ1) is 11.7. The average molecular weight is 389 g/mol. The van der Waals surface area contributed by atoms with Crippen LogP contribution in [0.5, 0.6) is 0 Å². The normalized spacial score (nSPS) is 14.2. The highest BCUT2D eigenvalue weighted by Gasteiger charge is 2.25. The van der Waals surface area contributed by atoms with Crippen LogP contribution >= 0.6 is 15.9 Å². The highest BCUT2D eigenvalue weighted by Crippen LogP contribution is 2.33. The summed E-state index contributed by atoms with van der Waals surface area (Å²) < 4.78 is 6.20. The van der Waals surface area contributed by atoms with Crippen LogP contribution in [0.3, 0.4) is 0 Å². The van der Waals surface area contributed by atoms with E-state index in [-0.39, 0.29) is 5.91 Å². The molecule has 126 valence electrons. The van der Waals surface area contributed by atoms with Gasteiger partial charge in [-0.15, -0.1) is 0 Å². The number of halogens is 1. The molecule has 0 saturated heterocycles. The molecule has 0 saturated carbocycles. The van der Waals surface area contributed by atoms with Gasteiger partial charge in [-0.3, -0.25) is 4.79 Å². The fraction of sp³-hybridized carbons (Fsp3) is 0.316. The molecule has 0 unspecified atom stereocenters. The Balaban J connectivity index is 1.93. The van der Waals surface area contributed by atoms with Crippen molar-refractivity contribution in [2.75, 3.05) is 43.2 Å². The minimum Gasteiger partial charge on any atom is -0.383 e.